The van der Waals surface area contributed by atoms with Crippen LogP contribution < -0.4 is 10.6 Å². The molecule has 0 radical (unpaired) electrons. The number of piperidine rings is 1. The van der Waals surface area contributed by atoms with Crippen LogP contribution in [0.4, 0.5) is 5.69 Å². The van der Waals surface area contributed by atoms with Gasteiger partial charge >= 0.3 is 0 Å². The van der Waals surface area contributed by atoms with Crippen LogP contribution in [0.25, 0.3) is 0 Å². The maximum absolute atomic E-state index is 10.1. The van der Waals surface area contributed by atoms with Gasteiger partial charge in [-0.1, -0.05) is 22.0 Å². The molecule has 3 nitrogen and oxygen atoms in total. The van der Waals surface area contributed by atoms with Gasteiger partial charge in [-0.15, -0.1) is 0 Å². The van der Waals surface area contributed by atoms with E-state index in [0.717, 1.165) is 30.4 Å². The fourth-order valence-corrected chi connectivity index (χ4v) is 2.53. The molecule has 3 N–H and O–H groups in total. The maximum Gasteiger partial charge on any atom is 0.0803 e. The summed E-state index contributed by atoms with van der Waals surface area (Å²) in [5.41, 5.74) is 7.39. The zero-order valence-corrected chi connectivity index (χ0v) is 11.7. The third-order valence-electron chi connectivity index (χ3n) is 3.59. The van der Waals surface area contributed by atoms with Crippen molar-refractivity contribution in [2.45, 2.75) is 25.4 Å². The van der Waals surface area contributed by atoms with E-state index in [1.807, 2.05) is 0 Å². The molecule has 0 aromatic heterocycles. The molecule has 0 saturated carbocycles. The second kappa shape index (κ2) is 4.96. The van der Waals surface area contributed by atoms with Crippen LogP contribution >= 0.6 is 15.9 Å². The zero-order chi connectivity index (χ0) is 12.5. The van der Waals surface area contributed by atoms with E-state index in [4.69, 9.17) is 5.73 Å². The molecule has 1 heterocycles. The van der Waals surface area contributed by atoms with Gasteiger partial charge in [0.25, 0.3) is 0 Å². The van der Waals surface area contributed by atoms with Crippen LogP contribution in [0.2, 0.25) is 0 Å². The lowest BCUT2D eigenvalue weighted by atomic mass is 9.91. The molecule has 17 heavy (non-hydrogen) atoms. The van der Waals surface area contributed by atoms with Gasteiger partial charge in [0.2, 0.25) is 0 Å². The first kappa shape index (κ1) is 12.9. The summed E-state index contributed by atoms with van der Waals surface area (Å²) in [6.45, 7) is 4.17. The lowest BCUT2D eigenvalue weighted by molar-refractivity contribution is 0.0250. The molecule has 0 spiro atoms. The predicted molar refractivity (Wildman–Crippen MR) is 74.3 cm³/mol. The minimum Gasteiger partial charge on any atom is -0.388 e. The Bertz CT molecular complexity index is 400. The standard InChI is InChI=1S/C13H19BrN2O/c1-10-2-3-11(8-12(10)14)16-6-4-13(17,9-15)5-7-16/h2-3,8,17H,4-7,9,15H2,1H3. The van der Waals surface area contributed by atoms with Gasteiger partial charge in [-0.3, -0.25) is 0 Å². The number of hydrogen-bond donors (Lipinski definition) is 2. The molecule has 0 aliphatic carbocycles. The number of rotatable bonds is 2. The second-order valence-electron chi connectivity index (χ2n) is 4.85. The Hall–Kier alpha value is -0.580. The molecule has 1 aliphatic rings. The van der Waals surface area contributed by atoms with Gasteiger partial charge in [0.1, 0.15) is 0 Å². The average molecular weight is 299 g/mol. The fraction of sp³-hybridized carbons (Fsp3) is 0.538. The highest BCUT2D eigenvalue weighted by molar-refractivity contribution is 9.10. The summed E-state index contributed by atoms with van der Waals surface area (Å²) in [7, 11) is 0. The normalized spacial score (nSPS) is 19.4. The van der Waals surface area contributed by atoms with Crippen LogP contribution in [-0.2, 0) is 0 Å². The lowest BCUT2D eigenvalue weighted by Gasteiger charge is -2.38. The smallest absolute Gasteiger partial charge is 0.0803 e. The minimum absolute atomic E-state index is 0.360. The van der Waals surface area contributed by atoms with Gasteiger partial charge in [-0.2, -0.15) is 0 Å². The van der Waals surface area contributed by atoms with E-state index >= 15 is 0 Å². The van der Waals surface area contributed by atoms with Crippen LogP contribution in [0, 0.1) is 6.92 Å². The Kier molecular flexibility index (Phi) is 3.76. The number of halogens is 1. The number of aliphatic hydroxyl groups is 1. The minimum atomic E-state index is -0.654. The Morgan fingerprint density at radius 1 is 1.41 bits per heavy atom. The van der Waals surface area contributed by atoms with E-state index in [1.165, 1.54) is 11.3 Å². The highest BCUT2D eigenvalue weighted by atomic mass is 79.9. The quantitative estimate of drug-likeness (QED) is 0.878. The molecule has 4 heteroatoms. The number of anilines is 1. The summed E-state index contributed by atoms with van der Waals surface area (Å²) in [5.74, 6) is 0. The van der Waals surface area contributed by atoms with Gasteiger partial charge in [-0.25, -0.2) is 0 Å². The van der Waals surface area contributed by atoms with E-state index in [1.54, 1.807) is 0 Å². The molecule has 0 bridgehead atoms. The van der Waals surface area contributed by atoms with Crippen LogP contribution in [0.1, 0.15) is 18.4 Å². The van der Waals surface area contributed by atoms with Crippen molar-refractivity contribution in [1.29, 1.82) is 0 Å². The Balaban J connectivity index is 2.08. The van der Waals surface area contributed by atoms with E-state index in [2.05, 4.69) is 46.0 Å². The molecular formula is C13H19BrN2O. The van der Waals surface area contributed by atoms with Gasteiger partial charge < -0.3 is 15.7 Å². The number of aryl methyl sites for hydroxylation is 1. The van der Waals surface area contributed by atoms with Crippen LogP contribution in [0.3, 0.4) is 0 Å². The molecule has 1 aromatic carbocycles. The summed E-state index contributed by atoms with van der Waals surface area (Å²) < 4.78 is 1.13. The van der Waals surface area contributed by atoms with Crippen LogP contribution in [-0.4, -0.2) is 30.3 Å². The number of nitrogens with two attached hydrogens (primary N) is 1. The molecule has 0 unspecified atom stereocenters. The molecule has 2 rings (SSSR count). The Morgan fingerprint density at radius 2 is 2.06 bits per heavy atom. The molecule has 1 aromatic rings. The fourth-order valence-electron chi connectivity index (χ4n) is 2.16. The lowest BCUT2D eigenvalue weighted by Crippen LogP contribution is -2.48. The third-order valence-corrected chi connectivity index (χ3v) is 4.45. The van der Waals surface area contributed by atoms with Gasteiger partial charge in [-0.05, 0) is 37.5 Å². The van der Waals surface area contributed by atoms with Crippen molar-refractivity contribution < 1.29 is 5.11 Å². The van der Waals surface area contributed by atoms with E-state index < -0.39 is 5.60 Å². The van der Waals surface area contributed by atoms with Gasteiger partial charge in [0, 0.05) is 29.8 Å². The molecule has 0 atom stereocenters. The van der Waals surface area contributed by atoms with Crippen molar-refractivity contribution in [3.8, 4) is 0 Å². The third kappa shape index (κ3) is 2.81. The second-order valence-corrected chi connectivity index (χ2v) is 5.70. The Morgan fingerprint density at radius 3 is 2.59 bits per heavy atom. The highest BCUT2D eigenvalue weighted by Crippen LogP contribution is 2.28. The first-order valence-electron chi connectivity index (χ1n) is 5.98. The first-order valence-corrected chi connectivity index (χ1v) is 6.77. The molecule has 1 saturated heterocycles. The summed E-state index contributed by atoms with van der Waals surface area (Å²) in [6, 6.07) is 6.39. The topological polar surface area (TPSA) is 49.5 Å². The van der Waals surface area contributed by atoms with E-state index in [9.17, 15) is 5.11 Å². The summed E-state index contributed by atoms with van der Waals surface area (Å²) in [4.78, 5) is 2.30. The average Bonchev–Trinajstić information content (AvgIpc) is 2.34. The maximum atomic E-state index is 10.1. The number of benzene rings is 1. The molecule has 94 valence electrons. The molecule has 1 fully saturated rings. The summed E-state index contributed by atoms with van der Waals surface area (Å²) in [6.07, 6.45) is 1.49. The van der Waals surface area contributed by atoms with Crippen LogP contribution in [0.5, 0.6) is 0 Å². The number of nitrogens with zero attached hydrogens (tertiary/aromatic N) is 1. The summed E-state index contributed by atoms with van der Waals surface area (Å²) in [5, 5.41) is 10.1. The van der Waals surface area contributed by atoms with Crippen molar-refractivity contribution in [2.75, 3.05) is 24.5 Å². The molecular weight excluding hydrogens is 280 g/mol. The van der Waals surface area contributed by atoms with Crippen molar-refractivity contribution in [2.24, 2.45) is 5.73 Å². The van der Waals surface area contributed by atoms with Crippen molar-refractivity contribution in [1.82, 2.24) is 0 Å². The number of hydrogen-bond acceptors (Lipinski definition) is 3. The van der Waals surface area contributed by atoms with Gasteiger partial charge in [0.05, 0.1) is 5.60 Å². The summed E-state index contributed by atoms with van der Waals surface area (Å²) >= 11 is 3.55. The Labute approximate surface area is 111 Å². The van der Waals surface area contributed by atoms with Gasteiger partial charge in [0.15, 0.2) is 0 Å². The molecule has 1 aliphatic heterocycles. The predicted octanol–water partition coefficient (Wildman–Crippen LogP) is 2.05. The SMILES string of the molecule is Cc1ccc(N2CCC(O)(CN)CC2)cc1Br. The van der Waals surface area contributed by atoms with E-state index in [0.29, 0.717) is 6.54 Å². The van der Waals surface area contributed by atoms with Crippen LogP contribution in [0.15, 0.2) is 22.7 Å². The largest absolute Gasteiger partial charge is 0.388 e. The van der Waals surface area contributed by atoms with Crippen molar-refractivity contribution in [3.63, 3.8) is 0 Å². The first-order chi connectivity index (χ1) is 8.04. The van der Waals surface area contributed by atoms with Crippen molar-refractivity contribution >= 4 is 21.6 Å². The highest BCUT2D eigenvalue weighted by Gasteiger charge is 2.30. The molecule has 0 amide bonds. The van der Waals surface area contributed by atoms with E-state index in [-0.39, 0.29) is 0 Å². The van der Waals surface area contributed by atoms with Crippen molar-refractivity contribution in [3.05, 3.63) is 28.2 Å². The monoisotopic (exact) mass is 298 g/mol. The zero-order valence-electron chi connectivity index (χ0n) is 10.1.